The van der Waals surface area contributed by atoms with Crippen molar-refractivity contribution in [2.45, 2.75) is 13.3 Å². The molecule has 0 aliphatic carbocycles. The fraction of sp³-hybridized carbons (Fsp3) is 1.00. The molecule has 0 amide bonds. The quantitative estimate of drug-likeness (QED) is 0.214. The van der Waals surface area contributed by atoms with E-state index in [2.05, 4.69) is 26.6 Å². The minimum atomic E-state index is 0.819. The van der Waals surface area contributed by atoms with E-state index in [1.165, 1.54) is 12.0 Å². The van der Waals surface area contributed by atoms with Gasteiger partial charge in [0.25, 0.3) is 0 Å². The van der Waals surface area contributed by atoms with E-state index < -0.39 is 0 Å². The average molecular weight is 209 g/mol. The number of nitrogens with one attached hydrogen (secondary N) is 1. The van der Waals surface area contributed by atoms with Crippen LogP contribution in [0.15, 0.2) is 0 Å². The van der Waals surface area contributed by atoms with Crippen LogP contribution < -0.4 is 5.48 Å². The second-order valence-corrected chi connectivity index (χ2v) is 4.77. The maximum absolute atomic E-state index is 4.72. The molecule has 0 saturated carbocycles. The van der Waals surface area contributed by atoms with Crippen molar-refractivity contribution in [3.63, 3.8) is 0 Å². The number of nitrogens with zero attached hydrogens (tertiary/aromatic N) is 1. The Kier molecular flexibility index (Phi) is 7.69. The second kappa shape index (κ2) is 7.58. The van der Waals surface area contributed by atoms with E-state index in [0.29, 0.717) is 0 Å². The molecule has 0 aromatic heterocycles. The number of hydrogen-bond donors (Lipinski definition) is 1. The third-order valence-corrected chi connectivity index (χ3v) is 1.77. The molecule has 80 valence electrons. The number of hydroxylamine groups is 1. The summed E-state index contributed by atoms with van der Waals surface area (Å²) < 4.78 is 5.69. The monoisotopic (exact) mass is 209 g/mol. The third kappa shape index (κ3) is 12.2. The smallest absolute Gasteiger partial charge is 0.0793 e. The van der Waals surface area contributed by atoms with Gasteiger partial charge in [-0.15, -0.1) is 9.32 Å². The largest absolute Gasteiger partial charge is 0.331 e. The van der Waals surface area contributed by atoms with Gasteiger partial charge in [0.15, 0.2) is 0 Å². The molecule has 0 aromatic rings. The fourth-order valence-electron chi connectivity index (χ4n) is 0.763. The Hall–Kier alpha value is 0.190. The highest BCUT2D eigenvalue weighted by Gasteiger charge is 2.04. The van der Waals surface area contributed by atoms with Crippen LogP contribution in [0.3, 0.4) is 0 Å². The van der Waals surface area contributed by atoms with Crippen LogP contribution in [0.1, 0.15) is 13.3 Å². The van der Waals surface area contributed by atoms with Crippen molar-refractivity contribution >= 4 is 12.0 Å². The molecule has 0 bridgehead atoms. The molecule has 0 spiro atoms. The first kappa shape index (κ1) is 13.2. The molecule has 0 atom stereocenters. The van der Waals surface area contributed by atoms with Crippen LogP contribution in [-0.4, -0.2) is 44.5 Å². The summed E-state index contributed by atoms with van der Waals surface area (Å²) in [4.78, 5) is 4.69. The van der Waals surface area contributed by atoms with Crippen LogP contribution in [0.25, 0.3) is 0 Å². The van der Waals surface area contributed by atoms with Crippen LogP contribution in [0.2, 0.25) is 0 Å². The highest BCUT2D eigenvalue weighted by Crippen LogP contribution is 1.99. The molecule has 5 heteroatoms. The molecule has 0 fully saturated rings. The summed E-state index contributed by atoms with van der Waals surface area (Å²) in [6.45, 7) is 3.95. The lowest BCUT2D eigenvalue weighted by Crippen LogP contribution is -2.36. The lowest BCUT2D eigenvalue weighted by molar-refractivity contribution is -0.870. The van der Waals surface area contributed by atoms with Crippen molar-refractivity contribution in [2.24, 2.45) is 0 Å². The van der Waals surface area contributed by atoms with Gasteiger partial charge in [-0.2, -0.15) is 5.48 Å². The molecule has 0 aromatic carbocycles. The topological polar surface area (TPSA) is 30.5 Å². The summed E-state index contributed by atoms with van der Waals surface area (Å²) in [6.07, 6.45) is 1.07. The Morgan fingerprint density at radius 3 is 2.54 bits per heavy atom. The number of quaternary nitrogens is 1. The summed E-state index contributed by atoms with van der Waals surface area (Å²) in [5.41, 5.74) is 2.74. The summed E-state index contributed by atoms with van der Waals surface area (Å²) in [5, 5.41) is 0. The summed E-state index contributed by atoms with van der Waals surface area (Å²) in [6, 6.07) is 0. The maximum Gasteiger partial charge on any atom is 0.0793 e. The zero-order chi connectivity index (χ0) is 10.2. The van der Waals surface area contributed by atoms with E-state index in [9.17, 15) is 0 Å². The van der Waals surface area contributed by atoms with Crippen LogP contribution in [0, 0.1) is 0 Å². The van der Waals surface area contributed by atoms with Gasteiger partial charge < -0.3 is 4.48 Å². The molecular formula is C8H21N2O2S+. The second-order valence-electron chi connectivity index (χ2n) is 3.82. The van der Waals surface area contributed by atoms with Crippen molar-refractivity contribution in [1.82, 2.24) is 5.48 Å². The zero-order valence-corrected chi connectivity index (χ0v) is 9.82. The lowest BCUT2D eigenvalue weighted by Gasteiger charge is -2.23. The van der Waals surface area contributed by atoms with Crippen molar-refractivity contribution in [2.75, 3.05) is 40.0 Å². The Morgan fingerprint density at radius 1 is 1.31 bits per heavy atom. The van der Waals surface area contributed by atoms with Gasteiger partial charge in [0, 0.05) is 30.8 Å². The van der Waals surface area contributed by atoms with Gasteiger partial charge >= 0.3 is 0 Å². The molecule has 0 saturated heterocycles. The Morgan fingerprint density at radius 2 is 2.00 bits per heavy atom. The predicted molar refractivity (Wildman–Crippen MR) is 55.8 cm³/mol. The van der Waals surface area contributed by atoms with Gasteiger partial charge in [0.2, 0.25) is 0 Å². The van der Waals surface area contributed by atoms with E-state index in [1.807, 2.05) is 6.92 Å². The van der Waals surface area contributed by atoms with Crippen LogP contribution in [-0.2, 0) is 9.32 Å². The molecule has 0 radical (unpaired) electrons. The van der Waals surface area contributed by atoms with E-state index in [1.54, 1.807) is 0 Å². The predicted octanol–water partition coefficient (Wildman–Crippen LogP) is 1.20. The lowest BCUT2D eigenvalue weighted by atomic mass is 10.4. The summed E-state index contributed by atoms with van der Waals surface area (Å²) in [5.74, 6) is 0.889. The summed E-state index contributed by atoms with van der Waals surface area (Å²) >= 11 is 1.28. The minimum Gasteiger partial charge on any atom is -0.331 e. The molecule has 0 unspecified atom stereocenters. The van der Waals surface area contributed by atoms with Gasteiger partial charge in [-0.25, -0.2) is 0 Å². The number of rotatable bonds is 8. The van der Waals surface area contributed by atoms with E-state index in [4.69, 9.17) is 9.32 Å². The van der Waals surface area contributed by atoms with Crippen molar-refractivity contribution < 1.29 is 13.8 Å². The van der Waals surface area contributed by atoms with Crippen LogP contribution >= 0.6 is 12.0 Å². The molecule has 0 aliphatic heterocycles. The first-order valence-corrected chi connectivity index (χ1v) is 5.46. The highest BCUT2D eigenvalue weighted by atomic mass is 32.2. The Labute approximate surface area is 85.3 Å². The van der Waals surface area contributed by atoms with E-state index in [-0.39, 0.29) is 0 Å². The standard InChI is InChI=1S/C8H21N2O2S/c1-5-13-12-11-9-7-6-8-10(2,3)4/h9H,5-8H2,1-4H3/q+1. The molecular weight excluding hydrogens is 188 g/mol. The number of hydrogen-bond acceptors (Lipinski definition) is 4. The molecule has 0 rings (SSSR count). The van der Waals surface area contributed by atoms with Crippen molar-refractivity contribution in [3.05, 3.63) is 0 Å². The van der Waals surface area contributed by atoms with E-state index >= 15 is 0 Å². The summed E-state index contributed by atoms with van der Waals surface area (Å²) in [7, 11) is 6.51. The molecule has 13 heavy (non-hydrogen) atoms. The molecule has 4 nitrogen and oxygen atoms in total. The van der Waals surface area contributed by atoms with Crippen LogP contribution in [0.4, 0.5) is 0 Å². The SMILES string of the molecule is CCSOONCCC[N+](C)(C)C. The molecule has 0 heterocycles. The van der Waals surface area contributed by atoms with Crippen molar-refractivity contribution in [3.8, 4) is 0 Å². The zero-order valence-electron chi connectivity index (χ0n) is 9.00. The first-order chi connectivity index (χ1) is 6.06. The van der Waals surface area contributed by atoms with Crippen LogP contribution in [0.5, 0.6) is 0 Å². The van der Waals surface area contributed by atoms with Gasteiger partial charge in [0.1, 0.15) is 0 Å². The molecule has 0 aliphatic rings. The van der Waals surface area contributed by atoms with Gasteiger partial charge in [0.05, 0.1) is 27.7 Å². The first-order valence-electron chi connectivity index (χ1n) is 4.54. The normalized spacial score (nSPS) is 12.0. The highest BCUT2D eigenvalue weighted by molar-refractivity contribution is 7.94. The Bertz CT molecular complexity index is 117. The Balaban J connectivity index is 3.00. The van der Waals surface area contributed by atoms with Gasteiger partial charge in [-0.1, -0.05) is 6.92 Å². The minimum absolute atomic E-state index is 0.819. The van der Waals surface area contributed by atoms with Gasteiger partial charge in [-0.05, 0) is 0 Å². The third-order valence-electron chi connectivity index (χ3n) is 1.37. The molecule has 1 N–H and O–H groups in total. The van der Waals surface area contributed by atoms with Gasteiger partial charge in [-0.3, -0.25) is 0 Å². The van der Waals surface area contributed by atoms with Crippen molar-refractivity contribution in [1.29, 1.82) is 0 Å². The van der Waals surface area contributed by atoms with E-state index in [0.717, 1.165) is 29.7 Å². The maximum atomic E-state index is 4.72. The average Bonchev–Trinajstić information content (AvgIpc) is 2.01. The fourth-order valence-corrected chi connectivity index (χ4v) is 0.956.